The number of pyridine rings is 1. The van der Waals surface area contributed by atoms with Gasteiger partial charge in [0.1, 0.15) is 5.52 Å². The number of anilines is 1. The van der Waals surface area contributed by atoms with Gasteiger partial charge in [-0.15, -0.1) is 0 Å². The van der Waals surface area contributed by atoms with Gasteiger partial charge >= 0.3 is 0 Å². The average molecular weight is 324 g/mol. The van der Waals surface area contributed by atoms with Crippen LogP contribution in [0.1, 0.15) is 18.5 Å². The number of nitrogens with one attached hydrogen (secondary N) is 1. The van der Waals surface area contributed by atoms with Gasteiger partial charge < -0.3 is 5.32 Å². The van der Waals surface area contributed by atoms with Crippen molar-refractivity contribution in [3.63, 3.8) is 0 Å². The first kappa shape index (κ1) is 14.8. The zero-order valence-corrected chi connectivity index (χ0v) is 13.7. The van der Waals surface area contributed by atoms with Gasteiger partial charge in [-0.2, -0.15) is 0 Å². The van der Waals surface area contributed by atoms with Crippen LogP contribution < -0.4 is 5.32 Å². The summed E-state index contributed by atoms with van der Waals surface area (Å²) in [5, 5.41) is 4.78. The molecule has 2 aromatic rings. The lowest BCUT2D eigenvalue weighted by Gasteiger charge is -2.30. The van der Waals surface area contributed by atoms with Gasteiger partial charge in [-0.25, -0.2) is 15.0 Å². The quantitative estimate of drug-likeness (QED) is 0.692. The molecule has 1 aliphatic rings. The van der Waals surface area contributed by atoms with Gasteiger partial charge in [-0.1, -0.05) is 23.5 Å². The molecule has 112 valence electrons. The molecule has 5 nitrogen and oxygen atoms in total. The van der Waals surface area contributed by atoms with Gasteiger partial charge in [0.15, 0.2) is 5.15 Å². The van der Waals surface area contributed by atoms with E-state index in [-0.39, 0.29) is 0 Å². The third-order valence-electron chi connectivity index (χ3n) is 3.70. The molecule has 0 saturated carbocycles. The third-order valence-corrected chi connectivity index (χ3v) is 4.84. The van der Waals surface area contributed by atoms with Crippen LogP contribution in [0.4, 0.5) is 5.95 Å². The zero-order valence-electron chi connectivity index (χ0n) is 12.1. The summed E-state index contributed by atoms with van der Waals surface area (Å²) in [7, 11) is 0. The summed E-state index contributed by atoms with van der Waals surface area (Å²) in [6.45, 7) is 4.10. The van der Waals surface area contributed by atoms with Crippen molar-refractivity contribution in [1.29, 1.82) is 0 Å². The number of hydrogen-bond acceptors (Lipinski definition) is 6. The fraction of sp³-hybridized carbons (Fsp3) is 0.500. The second-order valence-electron chi connectivity index (χ2n) is 5.22. The minimum atomic E-state index is 0.419. The molecule has 1 N–H and O–H groups in total. The first-order valence-corrected chi connectivity index (χ1v) is 8.57. The van der Waals surface area contributed by atoms with E-state index in [9.17, 15) is 0 Å². The maximum absolute atomic E-state index is 6.18. The predicted molar refractivity (Wildman–Crippen MR) is 88.8 cm³/mol. The third kappa shape index (κ3) is 3.39. The molecule has 3 rings (SSSR count). The van der Waals surface area contributed by atoms with Crippen LogP contribution in [-0.4, -0.2) is 44.6 Å². The van der Waals surface area contributed by atoms with Crippen molar-refractivity contribution in [2.45, 2.75) is 25.8 Å². The van der Waals surface area contributed by atoms with Gasteiger partial charge in [-0.3, -0.25) is 4.31 Å². The number of nitrogens with zero attached hydrogens (tertiary/aromatic N) is 4. The molecule has 21 heavy (non-hydrogen) atoms. The Balaban J connectivity index is 1.76. The normalized spacial score (nSPS) is 17.3. The zero-order chi connectivity index (χ0) is 14.8. The van der Waals surface area contributed by atoms with Gasteiger partial charge in [0.2, 0.25) is 5.95 Å². The molecule has 0 radical (unpaired) electrons. The van der Waals surface area contributed by atoms with Gasteiger partial charge in [0.05, 0.1) is 0 Å². The standard InChI is InChI=1S/C14H18ClN5S/c1-9-7-10-8-16-14(19-12(10)13(15)17-9)18-11-3-5-20(21-2)6-4-11/h7-8,11H,3-6H2,1-2H3,(H,16,18,19). The Morgan fingerprint density at radius 3 is 2.81 bits per heavy atom. The largest absolute Gasteiger partial charge is 0.351 e. The smallest absolute Gasteiger partial charge is 0.223 e. The molecule has 0 bridgehead atoms. The number of halogens is 1. The van der Waals surface area contributed by atoms with Gasteiger partial charge in [0, 0.05) is 36.4 Å². The molecule has 1 aliphatic heterocycles. The Morgan fingerprint density at radius 1 is 1.33 bits per heavy atom. The fourth-order valence-electron chi connectivity index (χ4n) is 2.56. The van der Waals surface area contributed by atoms with Crippen molar-refractivity contribution in [3.05, 3.63) is 23.1 Å². The molecule has 1 saturated heterocycles. The summed E-state index contributed by atoms with van der Waals surface area (Å²) in [6.07, 6.45) is 6.13. The number of aryl methyl sites for hydroxylation is 1. The molecule has 7 heteroatoms. The highest BCUT2D eigenvalue weighted by molar-refractivity contribution is 7.96. The van der Waals surface area contributed by atoms with Crippen molar-refractivity contribution < 1.29 is 0 Å². The average Bonchev–Trinajstić information content (AvgIpc) is 2.48. The van der Waals surface area contributed by atoms with Crippen molar-refractivity contribution in [1.82, 2.24) is 19.3 Å². The summed E-state index contributed by atoms with van der Waals surface area (Å²) in [4.78, 5) is 13.2. The molecule has 0 spiro atoms. The molecule has 1 fully saturated rings. The predicted octanol–water partition coefficient (Wildman–Crippen LogP) is 3.14. The van der Waals surface area contributed by atoms with Crippen LogP contribution in [0.3, 0.4) is 0 Å². The summed E-state index contributed by atoms with van der Waals surface area (Å²) >= 11 is 7.98. The molecule has 0 amide bonds. The molecule has 0 atom stereocenters. The topological polar surface area (TPSA) is 53.9 Å². The van der Waals surface area contributed by atoms with Crippen LogP contribution in [0.5, 0.6) is 0 Å². The Bertz CT molecular complexity index is 643. The minimum absolute atomic E-state index is 0.419. The summed E-state index contributed by atoms with van der Waals surface area (Å²) < 4.78 is 2.38. The van der Waals surface area contributed by atoms with Crippen LogP contribution in [-0.2, 0) is 0 Å². The van der Waals surface area contributed by atoms with Crippen molar-refractivity contribution in [2.24, 2.45) is 0 Å². The maximum Gasteiger partial charge on any atom is 0.223 e. The monoisotopic (exact) mass is 323 g/mol. The number of rotatable bonds is 3. The van der Waals surface area contributed by atoms with E-state index in [0.29, 0.717) is 22.7 Å². The van der Waals surface area contributed by atoms with Gasteiger partial charge in [0.25, 0.3) is 0 Å². The second kappa shape index (κ2) is 6.34. The lowest BCUT2D eigenvalue weighted by Crippen LogP contribution is -2.35. The summed E-state index contributed by atoms with van der Waals surface area (Å²) in [5.74, 6) is 0.637. The van der Waals surface area contributed by atoms with Crippen molar-refractivity contribution >= 4 is 40.4 Å². The van der Waals surface area contributed by atoms with E-state index in [1.165, 1.54) is 0 Å². The lowest BCUT2D eigenvalue weighted by molar-refractivity contribution is 0.358. The SMILES string of the molecule is CSN1CCC(Nc2ncc3cc(C)nc(Cl)c3n2)CC1. The van der Waals surface area contributed by atoms with Crippen LogP contribution in [0, 0.1) is 6.92 Å². The van der Waals surface area contributed by atoms with E-state index in [1.807, 2.05) is 31.1 Å². The molecule has 0 aliphatic carbocycles. The first-order valence-electron chi connectivity index (χ1n) is 7.01. The highest BCUT2D eigenvalue weighted by Gasteiger charge is 2.19. The van der Waals surface area contributed by atoms with E-state index in [4.69, 9.17) is 11.6 Å². The molecule has 2 aromatic heterocycles. The van der Waals surface area contributed by atoms with Crippen molar-refractivity contribution in [3.8, 4) is 0 Å². The molecule has 0 unspecified atom stereocenters. The first-order chi connectivity index (χ1) is 10.2. The Labute approximate surface area is 133 Å². The van der Waals surface area contributed by atoms with E-state index >= 15 is 0 Å². The number of hydrogen-bond donors (Lipinski definition) is 1. The Kier molecular flexibility index (Phi) is 4.47. The van der Waals surface area contributed by atoms with Gasteiger partial charge in [-0.05, 0) is 32.1 Å². The number of piperidine rings is 1. The van der Waals surface area contributed by atoms with E-state index in [1.54, 1.807) is 0 Å². The molecule has 0 aromatic carbocycles. The second-order valence-corrected chi connectivity index (χ2v) is 6.46. The Morgan fingerprint density at radius 2 is 2.10 bits per heavy atom. The summed E-state index contributed by atoms with van der Waals surface area (Å²) in [6, 6.07) is 2.37. The number of aromatic nitrogens is 3. The molecule has 3 heterocycles. The number of fused-ring (bicyclic) bond motifs is 1. The molecular formula is C14H18ClN5S. The van der Waals surface area contributed by atoms with E-state index < -0.39 is 0 Å². The highest BCUT2D eigenvalue weighted by Crippen LogP contribution is 2.23. The van der Waals surface area contributed by atoms with Crippen LogP contribution in [0.25, 0.3) is 10.9 Å². The summed E-state index contributed by atoms with van der Waals surface area (Å²) in [5.41, 5.74) is 1.59. The Hall–Kier alpha value is -1.11. The minimum Gasteiger partial charge on any atom is -0.351 e. The van der Waals surface area contributed by atoms with Crippen LogP contribution in [0.2, 0.25) is 5.15 Å². The van der Waals surface area contributed by atoms with Crippen LogP contribution in [0.15, 0.2) is 12.3 Å². The highest BCUT2D eigenvalue weighted by atomic mass is 35.5. The van der Waals surface area contributed by atoms with Crippen LogP contribution >= 0.6 is 23.5 Å². The van der Waals surface area contributed by atoms with E-state index in [2.05, 4.69) is 30.8 Å². The van der Waals surface area contributed by atoms with Crippen molar-refractivity contribution in [2.75, 3.05) is 24.7 Å². The van der Waals surface area contributed by atoms with E-state index in [0.717, 1.165) is 37.0 Å². The lowest BCUT2D eigenvalue weighted by atomic mass is 10.1. The fourth-order valence-corrected chi connectivity index (χ4v) is 3.42. The maximum atomic E-state index is 6.18. The molecular weight excluding hydrogens is 306 g/mol.